The van der Waals surface area contributed by atoms with E-state index in [1.807, 2.05) is 6.20 Å². The molecule has 0 amide bonds. The second-order valence-corrected chi connectivity index (χ2v) is 5.24. The Balaban J connectivity index is 1.79. The van der Waals surface area contributed by atoms with Gasteiger partial charge < -0.3 is 10.2 Å². The maximum absolute atomic E-state index is 4.74. The van der Waals surface area contributed by atoms with Gasteiger partial charge >= 0.3 is 0 Å². The molecule has 0 radical (unpaired) electrons. The highest BCUT2D eigenvalue weighted by atomic mass is 15.3. The van der Waals surface area contributed by atoms with Crippen LogP contribution < -0.4 is 10.2 Å². The highest BCUT2D eigenvalue weighted by molar-refractivity contribution is 5.34. The fourth-order valence-electron chi connectivity index (χ4n) is 2.59. The van der Waals surface area contributed by atoms with E-state index in [9.17, 15) is 0 Å². The van der Waals surface area contributed by atoms with Gasteiger partial charge in [0.1, 0.15) is 0 Å². The van der Waals surface area contributed by atoms with E-state index in [2.05, 4.69) is 22.1 Å². The third-order valence-electron chi connectivity index (χ3n) is 3.86. The topological polar surface area (TPSA) is 41.1 Å². The lowest BCUT2D eigenvalue weighted by Crippen LogP contribution is -2.35. The molecule has 0 spiro atoms. The van der Waals surface area contributed by atoms with Gasteiger partial charge in [0.05, 0.1) is 5.69 Å². The van der Waals surface area contributed by atoms with E-state index in [-0.39, 0.29) is 0 Å². The number of piperidine rings is 1. The Kier molecular flexibility index (Phi) is 2.97. The predicted molar refractivity (Wildman–Crippen MR) is 68.1 cm³/mol. The number of hydrogen-bond acceptors (Lipinski definition) is 4. The summed E-state index contributed by atoms with van der Waals surface area (Å²) in [4.78, 5) is 11.6. The minimum atomic E-state index is 0.855. The van der Waals surface area contributed by atoms with Crippen LogP contribution in [-0.2, 0) is 13.0 Å². The minimum absolute atomic E-state index is 0.855. The van der Waals surface area contributed by atoms with Crippen LogP contribution in [-0.4, -0.2) is 29.6 Å². The molecule has 92 valence electrons. The summed E-state index contributed by atoms with van der Waals surface area (Å²) in [7, 11) is 0. The molecule has 1 fully saturated rings. The van der Waals surface area contributed by atoms with E-state index in [0.29, 0.717) is 0 Å². The molecule has 1 saturated heterocycles. The first-order valence-electron chi connectivity index (χ1n) is 6.63. The highest BCUT2D eigenvalue weighted by Crippen LogP contribution is 2.21. The number of aromatic nitrogens is 2. The predicted octanol–water partition coefficient (Wildman–Crippen LogP) is 1.36. The summed E-state index contributed by atoms with van der Waals surface area (Å²) in [6.45, 7) is 6.51. The summed E-state index contributed by atoms with van der Waals surface area (Å²) in [5, 5.41) is 3.35. The summed E-state index contributed by atoms with van der Waals surface area (Å²) in [6, 6.07) is 0. The third-order valence-corrected chi connectivity index (χ3v) is 3.86. The Morgan fingerprint density at radius 2 is 2.18 bits per heavy atom. The van der Waals surface area contributed by atoms with Crippen molar-refractivity contribution in [3.05, 3.63) is 17.5 Å². The first-order chi connectivity index (χ1) is 8.33. The molecule has 0 atom stereocenters. The molecule has 1 N–H and O–H groups in total. The van der Waals surface area contributed by atoms with Crippen LogP contribution in [0.4, 0.5) is 5.95 Å². The molecule has 17 heavy (non-hydrogen) atoms. The van der Waals surface area contributed by atoms with Crippen molar-refractivity contribution >= 4 is 5.95 Å². The van der Waals surface area contributed by atoms with E-state index in [0.717, 1.165) is 44.5 Å². The van der Waals surface area contributed by atoms with Crippen molar-refractivity contribution in [3.8, 4) is 0 Å². The fraction of sp³-hybridized carbons (Fsp3) is 0.692. The van der Waals surface area contributed by atoms with Gasteiger partial charge in [-0.25, -0.2) is 9.97 Å². The number of nitrogens with one attached hydrogen (secondary N) is 1. The van der Waals surface area contributed by atoms with Crippen molar-refractivity contribution in [1.82, 2.24) is 15.3 Å². The smallest absolute Gasteiger partial charge is 0.225 e. The molecule has 0 aliphatic carbocycles. The Bertz CT molecular complexity index is 396. The molecule has 4 heteroatoms. The summed E-state index contributed by atoms with van der Waals surface area (Å²) in [6.07, 6.45) is 5.57. The van der Waals surface area contributed by atoms with Crippen molar-refractivity contribution in [2.75, 3.05) is 24.5 Å². The molecule has 0 saturated carbocycles. The molecule has 2 aliphatic heterocycles. The van der Waals surface area contributed by atoms with E-state index >= 15 is 0 Å². The van der Waals surface area contributed by atoms with Crippen LogP contribution in [0.2, 0.25) is 0 Å². The maximum Gasteiger partial charge on any atom is 0.225 e. The lowest BCUT2D eigenvalue weighted by molar-refractivity contribution is 0.434. The monoisotopic (exact) mass is 232 g/mol. The summed E-state index contributed by atoms with van der Waals surface area (Å²) < 4.78 is 0. The molecule has 0 unspecified atom stereocenters. The van der Waals surface area contributed by atoms with Crippen LogP contribution in [0.5, 0.6) is 0 Å². The van der Waals surface area contributed by atoms with Crippen molar-refractivity contribution in [2.24, 2.45) is 5.92 Å². The van der Waals surface area contributed by atoms with E-state index in [4.69, 9.17) is 4.98 Å². The van der Waals surface area contributed by atoms with Gasteiger partial charge in [-0.15, -0.1) is 0 Å². The number of hydrogen-bond donors (Lipinski definition) is 1. The van der Waals surface area contributed by atoms with Crippen LogP contribution in [0.15, 0.2) is 6.20 Å². The first-order valence-corrected chi connectivity index (χ1v) is 6.63. The van der Waals surface area contributed by atoms with Crippen LogP contribution in [0, 0.1) is 5.92 Å². The SMILES string of the molecule is CC1CCN(c2ncc3c(n2)CCNC3)CC1. The lowest BCUT2D eigenvalue weighted by atomic mass is 9.99. The van der Waals surface area contributed by atoms with Crippen molar-refractivity contribution < 1.29 is 0 Å². The van der Waals surface area contributed by atoms with Gasteiger partial charge in [-0.05, 0) is 18.8 Å². The number of anilines is 1. The summed E-state index contributed by atoms with van der Waals surface area (Å²) >= 11 is 0. The van der Waals surface area contributed by atoms with Gasteiger partial charge in [0, 0.05) is 44.4 Å². The van der Waals surface area contributed by atoms with Gasteiger partial charge in [0.15, 0.2) is 0 Å². The molecule has 2 aliphatic rings. The average molecular weight is 232 g/mol. The molecule has 3 heterocycles. The lowest BCUT2D eigenvalue weighted by Gasteiger charge is -2.31. The van der Waals surface area contributed by atoms with Gasteiger partial charge in [-0.1, -0.05) is 6.92 Å². The molecule has 0 bridgehead atoms. The van der Waals surface area contributed by atoms with Crippen LogP contribution >= 0.6 is 0 Å². The second-order valence-electron chi connectivity index (χ2n) is 5.24. The molecule has 1 aromatic heterocycles. The van der Waals surface area contributed by atoms with Crippen molar-refractivity contribution in [2.45, 2.75) is 32.7 Å². The van der Waals surface area contributed by atoms with Crippen LogP contribution in [0.25, 0.3) is 0 Å². The third kappa shape index (κ3) is 2.27. The van der Waals surface area contributed by atoms with Gasteiger partial charge in [-0.3, -0.25) is 0 Å². The molecule has 1 aromatic rings. The standard InChI is InChI=1S/C13H20N4/c1-10-3-6-17(7-4-10)13-15-9-11-8-14-5-2-12(11)16-13/h9-10,14H,2-8H2,1H3. The number of fused-ring (bicyclic) bond motifs is 1. The van der Waals surface area contributed by atoms with Gasteiger partial charge in [0.2, 0.25) is 5.95 Å². The zero-order valence-electron chi connectivity index (χ0n) is 10.4. The molecule has 4 nitrogen and oxygen atoms in total. The normalized spacial score (nSPS) is 21.4. The second kappa shape index (κ2) is 4.61. The van der Waals surface area contributed by atoms with E-state index < -0.39 is 0 Å². The molecular formula is C13H20N4. The minimum Gasteiger partial charge on any atom is -0.341 e. The maximum atomic E-state index is 4.74. The van der Waals surface area contributed by atoms with E-state index in [1.54, 1.807) is 0 Å². The van der Waals surface area contributed by atoms with Crippen LogP contribution in [0.1, 0.15) is 31.0 Å². The average Bonchev–Trinajstić information content (AvgIpc) is 2.39. The molecule has 3 rings (SSSR count). The molecule has 0 aromatic carbocycles. The summed E-state index contributed by atoms with van der Waals surface area (Å²) in [5.41, 5.74) is 2.51. The highest BCUT2D eigenvalue weighted by Gasteiger charge is 2.19. The molecular weight excluding hydrogens is 212 g/mol. The number of nitrogens with zero attached hydrogens (tertiary/aromatic N) is 3. The van der Waals surface area contributed by atoms with Gasteiger partial charge in [0.25, 0.3) is 0 Å². The quantitative estimate of drug-likeness (QED) is 0.794. The zero-order chi connectivity index (χ0) is 11.7. The Labute approximate surface area is 102 Å². The Morgan fingerprint density at radius 3 is 3.00 bits per heavy atom. The largest absolute Gasteiger partial charge is 0.341 e. The van der Waals surface area contributed by atoms with Crippen molar-refractivity contribution in [3.63, 3.8) is 0 Å². The number of rotatable bonds is 1. The van der Waals surface area contributed by atoms with Crippen molar-refractivity contribution in [1.29, 1.82) is 0 Å². The summed E-state index contributed by atoms with van der Waals surface area (Å²) in [5.74, 6) is 1.80. The Morgan fingerprint density at radius 1 is 1.35 bits per heavy atom. The Hall–Kier alpha value is -1.16. The van der Waals surface area contributed by atoms with Crippen LogP contribution in [0.3, 0.4) is 0 Å². The van der Waals surface area contributed by atoms with E-state index in [1.165, 1.54) is 24.1 Å². The zero-order valence-corrected chi connectivity index (χ0v) is 10.4. The fourth-order valence-corrected chi connectivity index (χ4v) is 2.59. The first kappa shape index (κ1) is 11.0. The van der Waals surface area contributed by atoms with Gasteiger partial charge in [-0.2, -0.15) is 0 Å².